The maximum atomic E-state index is 12.7. The molecule has 3 rings (SSSR count). The molecule has 0 fully saturated rings. The first-order valence-electron chi connectivity index (χ1n) is 5.93. The lowest BCUT2D eigenvalue weighted by Gasteiger charge is -2.10. The van der Waals surface area contributed by atoms with E-state index >= 15 is 0 Å². The lowest BCUT2D eigenvalue weighted by Crippen LogP contribution is -2.03. The maximum Gasteiger partial charge on any atom is 0.197 e. The van der Waals surface area contributed by atoms with Gasteiger partial charge in [0.25, 0.3) is 0 Å². The van der Waals surface area contributed by atoms with Crippen molar-refractivity contribution in [1.29, 1.82) is 0 Å². The molecule has 0 atom stereocenters. The lowest BCUT2D eigenvalue weighted by molar-refractivity contribution is 0.414. The number of hydrogen-bond acceptors (Lipinski definition) is 4. The Morgan fingerprint density at radius 1 is 1.30 bits per heavy atom. The molecule has 2 nitrogen and oxygen atoms in total. The molecule has 0 unspecified atom stereocenters. The Hall–Kier alpha value is -1.23. The highest BCUT2D eigenvalue weighted by Crippen LogP contribution is 2.40. The quantitative estimate of drug-likeness (QED) is 0.501. The summed E-state index contributed by atoms with van der Waals surface area (Å²) in [6.07, 6.45) is 1.98. The van der Waals surface area contributed by atoms with Crippen molar-refractivity contribution in [2.24, 2.45) is 0 Å². The largest absolute Gasteiger partial charge is 0.495 e. The summed E-state index contributed by atoms with van der Waals surface area (Å²) in [5, 5.41) is 1.65. The fraction of sp³-hybridized carbons (Fsp3) is 0.133. The van der Waals surface area contributed by atoms with Crippen molar-refractivity contribution >= 4 is 54.9 Å². The van der Waals surface area contributed by atoms with Crippen LogP contribution >= 0.6 is 34.7 Å². The fourth-order valence-electron chi connectivity index (χ4n) is 2.19. The average molecular weight is 323 g/mol. The Bertz CT molecular complexity index is 871. The van der Waals surface area contributed by atoms with E-state index in [4.69, 9.17) is 16.3 Å². The van der Waals surface area contributed by atoms with Crippen molar-refractivity contribution in [2.45, 2.75) is 4.90 Å². The van der Waals surface area contributed by atoms with E-state index in [0.717, 1.165) is 14.3 Å². The summed E-state index contributed by atoms with van der Waals surface area (Å²) in [4.78, 5) is 13.7. The Morgan fingerprint density at radius 2 is 2.05 bits per heavy atom. The summed E-state index contributed by atoms with van der Waals surface area (Å²) in [6.45, 7) is 0. The molecule has 0 aliphatic rings. The monoisotopic (exact) mass is 322 g/mol. The Morgan fingerprint density at radius 3 is 2.75 bits per heavy atom. The van der Waals surface area contributed by atoms with Gasteiger partial charge in [-0.2, -0.15) is 0 Å². The van der Waals surface area contributed by atoms with Crippen LogP contribution in [0.15, 0.2) is 40.0 Å². The summed E-state index contributed by atoms with van der Waals surface area (Å²) in [5.41, 5.74) is -0.0337. The van der Waals surface area contributed by atoms with Crippen LogP contribution in [0.25, 0.3) is 20.2 Å². The number of ether oxygens (including phenoxy) is 1. The van der Waals surface area contributed by atoms with Gasteiger partial charge in [0.15, 0.2) is 5.43 Å². The van der Waals surface area contributed by atoms with Crippen LogP contribution in [0.3, 0.4) is 0 Å². The lowest BCUT2D eigenvalue weighted by atomic mass is 10.2. The van der Waals surface area contributed by atoms with Gasteiger partial charge in [0, 0.05) is 15.0 Å². The third-order valence-electron chi connectivity index (χ3n) is 3.16. The number of hydrogen-bond donors (Lipinski definition) is 0. The van der Waals surface area contributed by atoms with Gasteiger partial charge in [-0.05, 0) is 24.5 Å². The van der Waals surface area contributed by atoms with Crippen molar-refractivity contribution in [3.63, 3.8) is 0 Å². The van der Waals surface area contributed by atoms with Crippen LogP contribution in [-0.2, 0) is 0 Å². The number of fused-ring (bicyclic) bond motifs is 2. The zero-order valence-electron chi connectivity index (χ0n) is 10.9. The zero-order valence-corrected chi connectivity index (χ0v) is 13.3. The number of halogens is 1. The minimum atomic E-state index is -0.0337. The highest BCUT2D eigenvalue weighted by atomic mass is 35.5. The Labute approximate surface area is 129 Å². The van der Waals surface area contributed by atoms with Crippen LogP contribution in [0, 0.1) is 0 Å². The van der Waals surface area contributed by atoms with Crippen molar-refractivity contribution in [2.75, 3.05) is 13.4 Å². The zero-order chi connectivity index (χ0) is 14.3. The molecule has 0 saturated heterocycles. The van der Waals surface area contributed by atoms with Gasteiger partial charge in [-0.1, -0.05) is 23.7 Å². The van der Waals surface area contributed by atoms with E-state index in [1.165, 1.54) is 0 Å². The molecule has 3 aromatic rings. The van der Waals surface area contributed by atoms with E-state index in [1.807, 2.05) is 36.6 Å². The van der Waals surface area contributed by atoms with Gasteiger partial charge in [0.2, 0.25) is 0 Å². The van der Waals surface area contributed by atoms with E-state index in [1.54, 1.807) is 30.2 Å². The minimum absolute atomic E-state index is 0.0337. The molecule has 0 N–H and O–H groups in total. The summed E-state index contributed by atoms with van der Waals surface area (Å²) >= 11 is 9.52. The smallest absolute Gasteiger partial charge is 0.197 e. The van der Waals surface area contributed by atoms with Crippen LogP contribution in [0.2, 0.25) is 5.02 Å². The molecular weight excluding hydrogens is 312 g/mol. The second kappa shape index (κ2) is 5.28. The topological polar surface area (TPSA) is 26.3 Å². The third-order valence-corrected chi connectivity index (χ3v) is 5.63. The van der Waals surface area contributed by atoms with Gasteiger partial charge in [-0.25, -0.2) is 0 Å². The van der Waals surface area contributed by atoms with Crippen LogP contribution in [-0.4, -0.2) is 13.4 Å². The SMILES string of the molecule is COc1cc(SC)c2sc3ccccc3c(=O)c2c1Cl. The van der Waals surface area contributed by atoms with E-state index in [-0.39, 0.29) is 5.43 Å². The van der Waals surface area contributed by atoms with Crippen LogP contribution in [0.5, 0.6) is 5.75 Å². The second-order valence-electron chi connectivity index (χ2n) is 4.23. The molecular formula is C15H11ClO2S2. The van der Waals surface area contributed by atoms with Crippen LogP contribution in [0.4, 0.5) is 0 Å². The standard InChI is InChI=1S/C15H11ClO2S2/c1-18-9-7-11(19-2)15-12(13(9)16)14(17)8-5-3-4-6-10(8)20-15/h3-7H,1-2H3. The average Bonchev–Trinajstić information content (AvgIpc) is 2.48. The van der Waals surface area contributed by atoms with Crippen LogP contribution in [0.1, 0.15) is 0 Å². The Kier molecular flexibility index (Phi) is 3.63. The van der Waals surface area contributed by atoms with E-state index < -0.39 is 0 Å². The number of thioether (sulfide) groups is 1. The number of benzene rings is 2. The molecule has 0 bridgehead atoms. The van der Waals surface area contributed by atoms with Crippen molar-refractivity contribution in [1.82, 2.24) is 0 Å². The maximum absolute atomic E-state index is 12.7. The van der Waals surface area contributed by atoms with Crippen molar-refractivity contribution < 1.29 is 4.74 Å². The predicted molar refractivity (Wildman–Crippen MR) is 88.9 cm³/mol. The normalized spacial score (nSPS) is 11.2. The fourth-order valence-corrected chi connectivity index (χ4v) is 4.54. The first kappa shape index (κ1) is 13.7. The minimum Gasteiger partial charge on any atom is -0.495 e. The number of rotatable bonds is 2. The van der Waals surface area contributed by atoms with Gasteiger partial charge in [-0.3, -0.25) is 4.79 Å². The van der Waals surface area contributed by atoms with E-state index in [2.05, 4.69) is 0 Å². The molecule has 5 heteroatoms. The summed E-state index contributed by atoms with van der Waals surface area (Å²) in [7, 11) is 1.56. The molecule has 0 saturated carbocycles. The molecule has 20 heavy (non-hydrogen) atoms. The first-order valence-corrected chi connectivity index (χ1v) is 8.35. The van der Waals surface area contributed by atoms with Gasteiger partial charge in [-0.15, -0.1) is 23.1 Å². The van der Waals surface area contributed by atoms with Gasteiger partial charge in [0.1, 0.15) is 5.75 Å². The number of methoxy groups -OCH3 is 1. The van der Waals surface area contributed by atoms with E-state index in [9.17, 15) is 4.79 Å². The van der Waals surface area contributed by atoms with Gasteiger partial charge >= 0.3 is 0 Å². The highest BCUT2D eigenvalue weighted by Gasteiger charge is 2.16. The van der Waals surface area contributed by atoms with Gasteiger partial charge < -0.3 is 4.74 Å². The molecule has 1 aromatic heterocycles. The van der Waals surface area contributed by atoms with E-state index in [0.29, 0.717) is 21.5 Å². The predicted octanol–water partition coefficient (Wildman–Crippen LogP) is 4.80. The molecule has 0 spiro atoms. The van der Waals surface area contributed by atoms with Crippen molar-refractivity contribution in [3.8, 4) is 5.75 Å². The molecule has 1 heterocycles. The molecule has 0 amide bonds. The third kappa shape index (κ3) is 1.99. The molecule has 0 aliphatic heterocycles. The van der Waals surface area contributed by atoms with Gasteiger partial charge in [0.05, 0.1) is 22.2 Å². The summed E-state index contributed by atoms with van der Waals surface area (Å²) in [6, 6.07) is 9.49. The van der Waals surface area contributed by atoms with Crippen LogP contribution < -0.4 is 10.2 Å². The second-order valence-corrected chi connectivity index (χ2v) is 6.50. The molecule has 0 radical (unpaired) electrons. The highest BCUT2D eigenvalue weighted by molar-refractivity contribution is 7.99. The van der Waals surface area contributed by atoms with Crippen molar-refractivity contribution in [3.05, 3.63) is 45.6 Å². The summed E-state index contributed by atoms with van der Waals surface area (Å²) < 4.78 is 7.18. The first-order chi connectivity index (χ1) is 9.67. The molecule has 102 valence electrons. The Balaban J connectivity index is 2.60. The molecule has 2 aromatic carbocycles. The molecule has 0 aliphatic carbocycles. The summed E-state index contributed by atoms with van der Waals surface area (Å²) in [5.74, 6) is 0.545.